The predicted molar refractivity (Wildman–Crippen MR) is 161 cm³/mol. The van der Waals surface area contributed by atoms with Gasteiger partial charge in [-0.15, -0.1) is 0 Å². The molecule has 1 fully saturated rings. The number of unbranched alkanes of at least 4 members (excludes halogenated alkanes) is 4. The number of benzene rings is 1. The second kappa shape index (κ2) is 20.4. The van der Waals surface area contributed by atoms with E-state index in [-0.39, 0.29) is 37.2 Å². The maximum absolute atomic E-state index is 12.7. The maximum atomic E-state index is 12.7. The average molecular weight is 624 g/mol. The minimum absolute atomic E-state index is 0.00810. The molecule has 44 heavy (non-hydrogen) atoms. The third kappa shape index (κ3) is 14.3. The summed E-state index contributed by atoms with van der Waals surface area (Å²) in [5.74, 6) is -0.876. The molecule has 1 aromatic rings. The van der Waals surface area contributed by atoms with Crippen LogP contribution in [0.1, 0.15) is 104 Å². The van der Waals surface area contributed by atoms with E-state index in [1.54, 1.807) is 19.9 Å². The van der Waals surface area contributed by atoms with Gasteiger partial charge in [0.25, 0.3) is 0 Å². The molecule has 1 aliphatic rings. The van der Waals surface area contributed by atoms with Crippen LogP contribution in [-0.2, 0) is 34.9 Å². The molecule has 1 saturated carbocycles. The van der Waals surface area contributed by atoms with Gasteiger partial charge in [-0.2, -0.15) is 0 Å². The highest BCUT2D eigenvalue weighted by Gasteiger charge is 2.27. The van der Waals surface area contributed by atoms with Crippen LogP contribution < -0.4 is 15.2 Å². The Hall–Kier alpha value is -3.54. The van der Waals surface area contributed by atoms with Crippen LogP contribution in [0.25, 0.3) is 0 Å². The van der Waals surface area contributed by atoms with Crippen LogP contribution in [0.15, 0.2) is 18.2 Å². The summed E-state index contributed by atoms with van der Waals surface area (Å²) in [5, 5.41) is 0. The first-order valence-electron chi connectivity index (χ1n) is 15.8. The summed E-state index contributed by atoms with van der Waals surface area (Å²) in [6, 6.07) is 3.32. The molecule has 2 rings (SSSR count). The van der Waals surface area contributed by atoms with Crippen LogP contribution in [0.3, 0.4) is 0 Å². The molecular formula is C32H49NO11. The van der Waals surface area contributed by atoms with E-state index in [0.29, 0.717) is 18.4 Å². The lowest BCUT2D eigenvalue weighted by molar-refractivity contribution is -0.155. The van der Waals surface area contributed by atoms with Gasteiger partial charge in [0.05, 0.1) is 13.2 Å². The first kappa shape index (κ1) is 36.7. The molecule has 1 aromatic carbocycles. The van der Waals surface area contributed by atoms with Gasteiger partial charge in [0.15, 0.2) is 11.5 Å². The molecule has 0 bridgehead atoms. The Labute approximate surface area is 260 Å². The zero-order valence-corrected chi connectivity index (χ0v) is 26.5. The predicted octanol–water partition coefficient (Wildman–Crippen LogP) is 6.77. The zero-order valence-electron chi connectivity index (χ0n) is 26.5. The summed E-state index contributed by atoms with van der Waals surface area (Å²) in [7, 11) is 0. The van der Waals surface area contributed by atoms with Crippen molar-refractivity contribution in [3.05, 3.63) is 23.8 Å². The normalized spacial score (nSPS) is 15.3. The Bertz CT molecular complexity index is 1040. The molecular weight excluding hydrogens is 574 g/mol. The van der Waals surface area contributed by atoms with E-state index in [9.17, 15) is 19.2 Å². The second-order valence-corrected chi connectivity index (χ2v) is 11.0. The van der Waals surface area contributed by atoms with Crippen LogP contribution in [0.2, 0.25) is 0 Å². The summed E-state index contributed by atoms with van der Waals surface area (Å²) in [4.78, 5) is 49.4. The molecule has 1 aliphatic carbocycles. The van der Waals surface area contributed by atoms with Crippen LogP contribution in [-0.4, -0.2) is 62.0 Å². The topological polar surface area (TPSA) is 159 Å². The van der Waals surface area contributed by atoms with Gasteiger partial charge in [0.2, 0.25) is 0 Å². The van der Waals surface area contributed by atoms with Gasteiger partial charge in [0.1, 0.15) is 24.4 Å². The van der Waals surface area contributed by atoms with E-state index in [2.05, 4.69) is 0 Å². The van der Waals surface area contributed by atoms with Crippen LogP contribution in [0, 0.1) is 0 Å². The first-order valence-corrected chi connectivity index (χ1v) is 15.8. The smallest absolute Gasteiger partial charge is 0.458 e. The number of carbonyl (C=O) groups is 4. The van der Waals surface area contributed by atoms with Crippen molar-refractivity contribution in [2.75, 3.05) is 13.2 Å². The van der Waals surface area contributed by atoms with Gasteiger partial charge < -0.3 is 38.9 Å². The Morgan fingerprint density at radius 1 is 0.773 bits per heavy atom. The first-order chi connectivity index (χ1) is 21.1. The zero-order chi connectivity index (χ0) is 32.3. The number of carbonyl (C=O) groups excluding carboxylic acids is 4. The lowest BCUT2D eigenvalue weighted by atomic mass is 9.98. The molecule has 248 valence electrons. The number of rotatable bonds is 17. The summed E-state index contributed by atoms with van der Waals surface area (Å²) in [6.45, 7) is 7.62. The minimum Gasteiger partial charge on any atom is -0.458 e. The van der Waals surface area contributed by atoms with Gasteiger partial charge >= 0.3 is 24.4 Å². The molecule has 12 heteroatoms. The molecule has 0 heterocycles. The Morgan fingerprint density at radius 3 is 1.93 bits per heavy atom. The van der Waals surface area contributed by atoms with Gasteiger partial charge in [-0.3, -0.25) is 4.79 Å². The molecule has 12 nitrogen and oxygen atoms in total. The van der Waals surface area contributed by atoms with E-state index >= 15 is 0 Å². The lowest BCUT2D eigenvalue weighted by Crippen LogP contribution is -2.39. The van der Waals surface area contributed by atoms with Crippen molar-refractivity contribution >= 4 is 24.4 Å². The molecule has 0 amide bonds. The van der Waals surface area contributed by atoms with Gasteiger partial charge in [-0.05, 0) is 76.5 Å². The quantitative estimate of drug-likeness (QED) is 0.0840. The number of nitrogens with two attached hydrogens (primary N) is 1. The number of hydrogen-bond donors (Lipinski definition) is 1. The number of ether oxygens (including phenoxy) is 7. The summed E-state index contributed by atoms with van der Waals surface area (Å²) in [6.07, 6.45) is 5.48. The van der Waals surface area contributed by atoms with E-state index in [1.807, 2.05) is 13.8 Å². The highest BCUT2D eigenvalue weighted by Crippen LogP contribution is 2.30. The third-order valence-electron chi connectivity index (χ3n) is 7.15. The fourth-order valence-electron chi connectivity index (χ4n) is 4.40. The molecule has 0 radical (unpaired) electrons. The minimum atomic E-state index is -1.09. The van der Waals surface area contributed by atoms with Crippen molar-refractivity contribution in [2.24, 2.45) is 5.73 Å². The maximum Gasteiger partial charge on any atom is 0.513 e. The van der Waals surface area contributed by atoms with Crippen LogP contribution in [0.5, 0.6) is 11.5 Å². The molecule has 3 atom stereocenters. The molecule has 0 aliphatic heterocycles. The van der Waals surface area contributed by atoms with Gasteiger partial charge in [0, 0.05) is 0 Å². The van der Waals surface area contributed by atoms with Crippen molar-refractivity contribution in [3.8, 4) is 11.5 Å². The number of esters is 1. The molecule has 0 aromatic heterocycles. The van der Waals surface area contributed by atoms with E-state index in [1.165, 1.54) is 12.1 Å². The Kier molecular flexibility index (Phi) is 17.0. The highest BCUT2D eigenvalue weighted by atomic mass is 16.8. The monoisotopic (exact) mass is 623 g/mol. The van der Waals surface area contributed by atoms with E-state index < -0.39 is 42.7 Å². The fraction of sp³-hybridized carbons (Fsp3) is 0.688. The van der Waals surface area contributed by atoms with Crippen molar-refractivity contribution in [1.82, 2.24) is 0 Å². The van der Waals surface area contributed by atoms with Crippen molar-refractivity contribution < 1.29 is 52.3 Å². The molecule has 0 saturated heterocycles. The molecule has 0 spiro atoms. The van der Waals surface area contributed by atoms with Crippen molar-refractivity contribution in [1.29, 1.82) is 0 Å². The van der Waals surface area contributed by atoms with Gasteiger partial charge in [-0.25, -0.2) is 14.4 Å². The van der Waals surface area contributed by atoms with Crippen molar-refractivity contribution in [2.45, 2.75) is 129 Å². The average Bonchev–Trinajstić information content (AvgIpc) is 2.99. The van der Waals surface area contributed by atoms with Crippen LogP contribution in [0.4, 0.5) is 14.4 Å². The molecule has 0 unspecified atom stereocenters. The fourth-order valence-corrected chi connectivity index (χ4v) is 4.40. The largest absolute Gasteiger partial charge is 0.513 e. The lowest BCUT2D eigenvalue weighted by Gasteiger charge is -2.25. The molecule has 2 N–H and O–H groups in total. The Morgan fingerprint density at radius 2 is 1.34 bits per heavy atom. The summed E-state index contributed by atoms with van der Waals surface area (Å²) < 4.78 is 36.9. The van der Waals surface area contributed by atoms with E-state index in [0.717, 1.165) is 57.8 Å². The second-order valence-electron chi connectivity index (χ2n) is 11.0. The highest BCUT2D eigenvalue weighted by molar-refractivity contribution is 5.76. The van der Waals surface area contributed by atoms with Gasteiger partial charge in [-0.1, -0.05) is 52.0 Å². The van der Waals surface area contributed by atoms with Crippen LogP contribution >= 0.6 is 0 Å². The summed E-state index contributed by atoms with van der Waals surface area (Å²) in [5.41, 5.74) is 6.62. The number of hydrogen-bond acceptors (Lipinski definition) is 12. The third-order valence-corrected chi connectivity index (χ3v) is 7.15. The van der Waals surface area contributed by atoms with E-state index in [4.69, 9.17) is 38.9 Å². The Balaban J connectivity index is 1.98. The SMILES string of the molecule is CCCCCOC(=O)Oc1ccc(C[C@H](N)C(=O)O[C@@H](C)[C@H](C)OC(=O)OC2CCCCC2)cc1OC(=O)OCCCCC. The summed E-state index contributed by atoms with van der Waals surface area (Å²) >= 11 is 0. The standard InChI is InChI=1S/C32H49NO11/c1-5-7-12-18-38-30(35)43-27-17-16-24(21-28(27)44-31(36)39-19-13-8-6-2)20-26(33)29(34)40-22(3)23(4)41-32(37)42-25-14-10-9-11-15-25/h16-17,21-23,25-26H,5-15,18-20,33H2,1-4H3/t22-,23-,26-/m0/s1. The van der Waals surface area contributed by atoms with Crippen molar-refractivity contribution in [3.63, 3.8) is 0 Å².